The highest BCUT2D eigenvalue weighted by molar-refractivity contribution is 8.45. The molecule has 2 bridgehead atoms. The molecule has 0 saturated heterocycles. The molecule has 43 heavy (non-hydrogen) atoms. The summed E-state index contributed by atoms with van der Waals surface area (Å²) in [6, 6.07) is 8.94. The molecule has 2 saturated carbocycles. The van der Waals surface area contributed by atoms with Gasteiger partial charge in [0.1, 0.15) is 16.5 Å². The number of ether oxygens (including phenoxy) is 1. The number of hydrogen-bond acceptors (Lipinski definition) is 4. The van der Waals surface area contributed by atoms with Crippen LogP contribution < -0.4 is 15.4 Å². The van der Waals surface area contributed by atoms with Crippen LogP contribution in [0.15, 0.2) is 65.6 Å². The minimum atomic E-state index is -9.87. The van der Waals surface area contributed by atoms with Crippen LogP contribution in [-0.4, -0.2) is 36.0 Å². The van der Waals surface area contributed by atoms with Crippen molar-refractivity contribution in [2.45, 2.75) is 30.2 Å². The number of carbonyl (C=O) groups excluding carboxylic acids is 2. The van der Waals surface area contributed by atoms with Gasteiger partial charge >= 0.3 is 16.2 Å². The second-order valence-corrected chi connectivity index (χ2v) is 13.2. The molecule has 0 aromatic heterocycles. The maximum Gasteiger partial charge on any atom is 0.335 e. The van der Waals surface area contributed by atoms with Gasteiger partial charge in [-0.05, 0) is 79.1 Å². The average molecular weight is 629 g/mol. The molecule has 14 heteroatoms. The van der Waals surface area contributed by atoms with E-state index in [0.717, 1.165) is 24.6 Å². The van der Waals surface area contributed by atoms with Crippen LogP contribution in [0.5, 0.6) is 5.75 Å². The van der Waals surface area contributed by atoms with Gasteiger partial charge in [-0.15, -0.1) is 0 Å². The Bertz CT molecular complexity index is 1620. The van der Waals surface area contributed by atoms with Crippen LogP contribution >= 0.6 is 10.2 Å². The number of rotatable bonds is 8. The third-order valence-corrected chi connectivity index (χ3v) is 9.22. The number of carbonyl (C=O) groups is 3. The lowest BCUT2D eigenvalue weighted by atomic mass is 9.83. The molecule has 5 rings (SSSR count). The second kappa shape index (κ2) is 9.93. The maximum atomic E-state index is 15.0. The lowest BCUT2D eigenvalue weighted by Crippen LogP contribution is -2.48. The van der Waals surface area contributed by atoms with Crippen molar-refractivity contribution in [2.75, 3.05) is 12.4 Å². The van der Waals surface area contributed by atoms with E-state index in [1.807, 2.05) is 0 Å². The predicted molar refractivity (Wildman–Crippen MR) is 147 cm³/mol. The molecule has 0 radical (unpaired) electrons. The zero-order valence-electron chi connectivity index (χ0n) is 22.5. The molecule has 4 atom stereocenters. The standard InChI is InChI=1S/C29H26F6N2O5S/c1-42-24-14-23(30)21(15-2-4-16(5-3-15)29(40)41)13-22(24)27(38)37-26-18-7-6-17(12-18)25(26)28(39)36-19-8-10-20(11-9-19)43(31,32,33,34)35/h2-5,8-11,13-14,17-18,25-26H,6-7,12H2,1H3,(H,36,39)(H,37,38)(H,40,41)/t17-,18+,25?,26-/m1/s1. The molecule has 3 N–H and O–H groups in total. The van der Waals surface area contributed by atoms with Gasteiger partial charge in [0.2, 0.25) is 5.91 Å². The molecular formula is C29H26F6N2O5S. The van der Waals surface area contributed by atoms with E-state index in [1.165, 1.54) is 37.4 Å². The Hall–Kier alpha value is -4.20. The SMILES string of the molecule is COc1cc(F)c(-c2ccc(C(=O)O)cc2)cc1C(=O)N[C@H]1C(C(=O)Nc2ccc(S(F)(F)(F)(F)F)cc2)[C@@H]2CC[C@H]1C2. The summed E-state index contributed by atoms with van der Waals surface area (Å²) in [5.74, 6) is -4.15. The third-order valence-electron chi connectivity index (χ3n) is 8.06. The van der Waals surface area contributed by atoms with Crippen molar-refractivity contribution in [3.63, 3.8) is 0 Å². The Labute approximate surface area is 242 Å². The average Bonchev–Trinajstić information content (AvgIpc) is 3.54. The number of benzene rings is 3. The van der Waals surface area contributed by atoms with E-state index in [-0.39, 0.29) is 52.1 Å². The van der Waals surface area contributed by atoms with Crippen LogP contribution in [-0.2, 0) is 4.79 Å². The minimum Gasteiger partial charge on any atom is -0.496 e. The summed E-state index contributed by atoms with van der Waals surface area (Å²) in [4.78, 5) is 35.9. The molecule has 2 fully saturated rings. The van der Waals surface area contributed by atoms with E-state index in [9.17, 15) is 38.2 Å². The number of methoxy groups -OCH3 is 1. The molecule has 0 spiro atoms. The highest BCUT2D eigenvalue weighted by Gasteiger charge is 2.65. The summed E-state index contributed by atoms with van der Waals surface area (Å²) < 4.78 is 85.5. The van der Waals surface area contributed by atoms with Gasteiger partial charge in [-0.25, -0.2) is 9.18 Å². The van der Waals surface area contributed by atoms with Crippen LogP contribution in [0, 0.1) is 23.6 Å². The summed E-state index contributed by atoms with van der Waals surface area (Å²) in [6.07, 6.45) is 2.03. The fraction of sp³-hybridized carbons (Fsp3) is 0.276. The number of amides is 2. The Kier molecular flexibility index (Phi) is 6.99. The number of fused-ring (bicyclic) bond motifs is 2. The van der Waals surface area contributed by atoms with Crippen molar-refractivity contribution in [3.8, 4) is 16.9 Å². The highest BCUT2D eigenvalue weighted by Crippen LogP contribution is 3.02. The van der Waals surface area contributed by atoms with Gasteiger partial charge in [0.25, 0.3) is 5.91 Å². The Morgan fingerprint density at radius 2 is 1.53 bits per heavy atom. The van der Waals surface area contributed by atoms with Crippen molar-refractivity contribution in [2.24, 2.45) is 17.8 Å². The number of carboxylic acids is 1. The van der Waals surface area contributed by atoms with Crippen molar-refractivity contribution in [3.05, 3.63) is 77.6 Å². The predicted octanol–water partition coefficient (Wildman–Crippen LogP) is 7.64. The maximum absolute atomic E-state index is 15.0. The summed E-state index contributed by atoms with van der Waals surface area (Å²) in [7, 11) is -8.62. The van der Waals surface area contributed by atoms with Gasteiger partial charge in [0.05, 0.1) is 24.2 Å². The first kappa shape index (κ1) is 30.3. The summed E-state index contributed by atoms with van der Waals surface area (Å²) >= 11 is 0. The Morgan fingerprint density at radius 1 is 0.907 bits per heavy atom. The van der Waals surface area contributed by atoms with Crippen LogP contribution in [0.1, 0.15) is 40.0 Å². The van der Waals surface area contributed by atoms with Gasteiger partial charge in [-0.3, -0.25) is 9.59 Å². The first-order valence-electron chi connectivity index (χ1n) is 13.1. The topological polar surface area (TPSA) is 105 Å². The summed E-state index contributed by atoms with van der Waals surface area (Å²) in [5, 5.41) is 14.5. The second-order valence-electron chi connectivity index (χ2n) is 10.8. The molecule has 2 amide bonds. The van der Waals surface area contributed by atoms with Gasteiger partial charge < -0.3 is 20.5 Å². The molecule has 230 valence electrons. The number of halogens is 6. The smallest absolute Gasteiger partial charge is 0.335 e. The number of nitrogens with one attached hydrogen (secondary N) is 2. The fourth-order valence-electron chi connectivity index (χ4n) is 6.04. The number of carboxylic acid groups (broad SMARTS) is 1. The molecule has 7 nitrogen and oxygen atoms in total. The van der Waals surface area contributed by atoms with Crippen molar-refractivity contribution >= 4 is 33.7 Å². The van der Waals surface area contributed by atoms with Crippen LogP contribution in [0.4, 0.5) is 29.5 Å². The van der Waals surface area contributed by atoms with E-state index in [0.29, 0.717) is 18.4 Å². The first-order valence-corrected chi connectivity index (χ1v) is 15.1. The number of aromatic carboxylic acids is 1. The molecule has 0 aliphatic heterocycles. The molecule has 0 heterocycles. The van der Waals surface area contributed by atoms with Crippen LogP contribution in [0.25, 0.3) is 11.1 Å². The zero-order chi connectivity index (χ0) is 31.4. The monoisotopic (exact) mass is 628 g/mol. The molecule has 2 aliphatic rings. The highest BCUT2D eigenvalue weighted by atomic mass is 32.5. The summed E-state index contributed by atoms with van der Waals surface area (Å²) in [6.45, 7) is 0. The number of hydrogen-bond donors (Lipinski definition) is 3. The molecule has 3 aromatic carbocycles. The van der Waals surface area contributed by atoms with Crippen molar-refractivity contribution < 1.29 is 48.0 Å². The van der Waals surface area contributed by atoms with Gasteiger partial charge in [-0.1, -0.05) is 31.6 Å². The number of anilines is 1. The molecular weight excluding hydrogens is 602 g/mol. The van der Waals surface area contributed by atoms with E-state index < -0.39 is 50.7 Å². The lowest BCUT2D eigenvalue weighted by Gasteiger charge is -2.40. The quantitative estimate of drug-likeness (QED) is 0.223. The van der Waals surface area contributed by atoms with Crippen LogP contribution in [0.3, 0.4) is 0 Å². The molecule has 3 aromatic rings. The Morgan fingerprint density at radius 3 is 2.12 bits per heavy atom. The van der Waals surface area contributed by atoms with Gasteiger partial charge in [0, 0.05) is 23.4 Å². The van der Waals surface area contributed by atoms with Crippen LogP contribution in [0.2, 0.25) is 0 Å². The normalized spacial score (nSPS) is 22.8. The summed E-state index contributed by atoms with van der Waals surface area (Å²) in [5.41, 5.74) is 0.177. The van der Waals surface area contributed by atoms with Gasteiger partial charge in [-0.2, -0.15) is 0 Å². The first-order chi connectivity index (χ1) is 19.9. The minimum absolute atomic E-state index is 0.00762. The van der Waals surface area contributed by atoms with E-state index in [1.54, 1.807) is 0 Å². The van der Waals surface area contributed by atoms with E-state index >= 15 is 0 Å². The van der Waals surface area contributed by atoms with Crippen molar-refractivity contribution in [1.82, 2.24) is 5.32 Å². The molecule has 1 unspecified atom stereocenters. The Balaban J connectivity index is 1.37. The third kappa shape index (κ3) is 6.14. The zero-order valence-corrected chi connectivity index (χ0v) is 23.3. The largest absolute Gasteiger partial charge is 0.496 e. The lowest BCUT2D eigenvalue weighted by molar-refractivity contribution is -0.122. The van der Waals surface area contributed by atoms with Gasteiger partial charge in [0.15, 0.2) is 0 Å². The fourth-order valence-corrected chi connectivity index (χ4v) is 6.69. The molecule has 2 aliphatic carbocycles. The van der Waals surface area contributed by atoms with E-state index in [4.69, 9.17) is 9.84 Å². The van der Waals surface area contributed by atoms with E-state index in [2.05, 4.69) is 10.6 Å². The van der Waals surface area contributed by atoms with Crippen molar-refractivity contribution in [1.29, 1.82) is 0 Å².